The molecule has 0 spiro atoms. The molecule has 1 aromatic heterocycles. The standard InChI is InChI=1S/C12H11NO2S2.ClH/c1-15-9-6-7(2-3-8(9)14)10-4-5-11(17-10)12(13)16;/h2-6,14H,1H3,(H2,13,16);1H. The number of phenols is 1. The molecule has 18 heavy (non-hydrogen) atoms. The lowest BCUT2D eigenvalue weighted by Crippen LogP contribution is -2.06. The maximum absolute atomic E-state index is 9.51. The maximum atomic E-state index is 9.51. The molecular weight excluding hydrogens is 290 g/mol. The minimum absolute atomic E-state index is 0. The van der Waals surface area contributed by atoms with Crippen molar-refractivity contribution in [3.8, 4) is 21.9 Å². The Labute approximate surface area is 121 Å². The van der Waals surface area contributed by atoms with E-state index in [1.165, 1.54) is 18.4 Å². The van der Waals surface area contributed by atoms with Crippen LogP contribution in [0.4, 0.5) is 0 Å². The first-order valence-corrected chi connectivity index (χ1v) is 6.11. The van der Waals surface area contributed by atoms with Crippen LogP contribution in [0.25, 0.3) is 10.4 Å². The van der Waals surface area contributed by atoms with E-state index in [2.05, 4.69) is 0 Å². The molecule has 1 heterocycles. The van der Waals surface area contributed by atoms with Crippen molar-refractivity contribution in [1.29, 1.82) is 0 Å². The number of hydrogen-bond acceptors (Lipinski definition) is 4. The van der Waals surface area contributed by atoms with Crippen molar-refractivity contribution in [3.05, 3.63) is 35.2 Å². The third-order valence-electron chi connectivity index (χ3n) is 2.31. The van der Waals surface area contributed by atoms with Crippen LogP contribution >= 0.6 is 36.0 Å². The lowest BCUT2D eigenvalue weighted by Gasteiger charge is -2.04. The fourth-order valence-corrected chi connectivity index (χ4v) is 2.50. The molecular formula is C12H12ClNO2S2. The lowest BCUT2D eigenvalue weighted by molar-refractivity contribution is 0.373. The van der Waals surface area contributed by atoms with Crippen LogP contribution in [0.3, 0.4) is 0 Å². The third kappa shape index (κ3) is 2.93. The number of nitrogens with two attached hydrogens (primary N) is 1. The van der Waals surface area contributed by atoms with Gasteiger partial charge in [0.25, 0.3) is 0 Å². The third-order valence-corrected chi connectivity index (χ3v) is 3.83. The summed E-state index contributed by atoms with van der Waals surface area (Å²) in [5, 5.41) is 9.51. The summed E-state index contributed by atoms with van der Waals surface area (Å²) in [5.74, 6) is 0.579. The van der Waals surface area contributed by atoms with Crippen LogP contribution < -0.4 is 10.5 Å². The first-order chi connectivity index (χ1) is 8.11. The molecule has 0 atom stereocenters. The molecule has 0 fully saturated rings. The van der Waals surface area contributed by atoms with E-state index in [0.29, 0.717) is 10.7 Å². The van der Waals surface area contributed by atoms with Crippen molar-refractivity contribution >= 4 is 41.0 Å². The van der Waals surface area contributed by atoms with E-state index in [-0.39, 0.29) is 18.2 Å². The molecule has 0 bridgehead atoms. The van der Waals surface area contributed by atoms with Gasteiger partial charge in [-0.3, -0.25) is 0 Å². The zero-order chi connectivity index (χ0) is 12.4. The number of phenolic OH excluding ortho intramolecular Hbond substituents is 1. The van der Waals surface area contributed by atoms with Gasteiger partial charge in [-0.25, -0.2) is 0 Å². The second kappa shape index (κ2) is 6.04. The van der Waals surface area contributed by atoms with Crippen molar-refractivity contribution in [3.63, 3.8) is 0 Å². The van der Waals surface area contributed by atoms with Gasteiger partial charge in [-0.2, -0.15) is 0 Å². The Morgan fingerprint density at radius 3 is 2.61 bits per heavy atom. The monoisotopic (exact) mass is 301 g/mol. The molecule has 1 aromatic carbocycles. The van der Waals surface area contributed by atoms with Gasteiger partial charge in [-0.1, -0.05) is 12.2 Å². The first-order valence-electron chi connectivity index (χ1n) is 4.89. The SMILES string of the molecule is COc1cc(-c2ccc(C(N)=S)s2)ccc1O.Cl. The van der Waals surface area contributed by atoms with Crippen LogP contribution in [0.15, 0.2) is 30.3 Å². The molecule has 0 saturated carbocycles. The Bertz CT molecular complexity index is 569. The van der Waals surface area contributed by atoms with Gasteiger partial charge in [0.15, 0.2) is 11.5 Å². The van der Waals surface area contributed by atoms with E-state index in [0.717, 1.165) is 15.3 Å². The fourth-order valence-electron chi connectivity index (χ4n) is 1.46. The molecule has 0 aliphatic rings. The summed E-state index contributed by atoms with van der Waals surface area (Å²) in [5.41, 5.74) is 6.53. The van der Waals surface area contributed by atoms with Crippen molar-refractivity contribution < 1.29 is 9.84 Å². The maximum Gasteiger partial charge on any atom is 0.161 e. The van der Waals surface area contributed by atoms with Gasteiger partial charge in [-0.15, -0.1) is 23.7 Å². The molecule has 0 aliphatic heterocycles. The topological polar surface area (TPSA) is 55.5 Å². The number of ether oxygens (including phenoxy) is 1. The Kier molecular flexibility index (Phi) is 4.95. The van der Waals surface area contributed by atoms with Gasteiger partial charge in [0.1, 0.15) is 4.99 Å². The summed E-state index contributed by atoms with van der Waals surface area (Å²) in [6.07, 6.45) is 0. The highest BCUT2D eigenvalue weighted by atomic mass is 35.5. The molecule has 2 aromatic rings. The van der Waals surface area contributed by atoms with Gasteiger partial charge in [0.2, 0.25) is 0 Å². The highest BCUT2D eigenvalue weighted by Crippen LogP contribution is 2.34. The highest BCUT2D eigenvalue weighted by Gasteiger charge is 2.08. The average Bonchev–Trinajstić information content (AvgIpc) is 2.79. The number of halogens is 1. The summed E-state index contributed by atoms with van der Waals surface area (Å²) in [6, 6.07) is 9.05. The van der Waals surface area contributed by atoms with Gasteiger partial charge < -0.3 is 15.6 Å². The van der Waals surface area contributed by atoms with E-state index in [9.17, 15) is 5.11 Å². The summed E-state index contributed by atoms with van der Waals surface area (Å²) in [6.45, 7) is 0. The van der Waals surface area contributed by atoms with Crippen LogP contribution in [0, 0.1) is 0 Å². The van der Waals surface area contributed by atoms with Gasteiger partial charge in [0.05, 0.1) is 12.0 Å². The van der Waals surface area contributed by atoms with E-state index in [1.807, 2.05) is 18.2 Å². The molecule has 6 heteroatoms. The van der Waals surface area contributed by atoms with E-state index in [1.54, 1.807) is 12.1 Å². The van der Waals surface area contributed by atoms with Gasteiger partial charge >= 0.3 is 0 Å². The van der Waals surface area contributed by atoms with Crippen LogP contribution in [-0.2, 0) is 0 Å². The van der Waals surface area contributed by atoms with E-state index >= 15 is 0 Å². The van der Waals surface area contributed by atoms with E-state index < -0.39 is 0 Å². The fraction of sp³-hybridized carbons (Fsp3) is 0.0833. The second-order valence-electron chi connectivity index (χ2n) is 3.41. The molecule has 2 rings (SSSR count). The number of thiocarbonyl (C=S) groups is 1. The molecule has 0 amide bonds. The molecule has 3 nitrogen and oxygen atoms in total. The summed E-state index contributed by atoms with van der Waals surface area (Å²) >= 11 is 6.43. The van der Waals surface area contributed by atoms with Gasteiger partial charge in [0, 0.05) is 4.88 Å². The van der Waals surface area contributed by atoms with Crippen molar-refractivity contribution in [2.24, 2.45) is 5.73 Å². The van der Waals surface area contributed by atoms with Crippen LogP contribution in [0.5, 0.6) is 11.5 Å². The Hall–Kier alpha value is -1.30. The molecule has 0 unspecified atom stereocenters. The summed E-state index contributed by atoms with van der Waals surface area (Å²) in [7, 11) is 1.52. The summed E-state index contributed by atoms with van der Waals surface area (Å²) < 4.78 is 5.07. The zero-order valence-electron chi connectivity index (χ0n) is 9.54. The molecule has 0 aliphatic carbocycles. The van der Waals surface area contributed by atoms with Crippen LogP contribution in [-0.4, -0.2) is 17.2 Å². The predicted octanol–water partition coefficient (Wildman–Crippen LogP) is 3.19. The minimum Gasteiger partial charge on any atom is -0.504 e. The Morgan fingerprint density at radius 1 is 1.33 bits per heavy atom. The van der Waals surface area contributed by atoms with Crippen LogP contribution in [0.2, 0.25) is 0 Å². The zero-order valence-corrected chi connectivity index (χ0v) is 12.0. The lowest BCUT2D eigenvalue weighted by atomic mass is 10.1. The number of thiophene rings is 1. The number of aromatic hydroxyl groups is 1. The second-order valence-corrected chi connectivity index (χ2v) is 4.94. The molecule has 0 saturated heterocycles. The number of hydrogen-bond donors (Lipinski definition) is 2. The largest absolute Gasteiger partial charge is 0.504 e. The van der Waals surface area contributed by atoms with E-state index in [4.69, 9.17) is 22.7 Å². The Morgan fingerprint density at radius 2 is 2.06 bits per heavy atom. The van der Waals surface area contributed by atoms with Gasteiger partial charge in [-0.05, 0) is 35.9 Å². The quantitative estimate of drug-likeness (QED) is 0.855. The smallest absolute Gasteiger partial charge is 0.161 e. The highest BCUT2D eigenvalue weighted by molar-refractivity contribution is 7.81. The average molecular weight is 302 g/mol. The molecule has 3 N–H and O–H groups in total. The normalized spacial score (nSPS) is 9.61. The first kappa shape index (κ1) is 14.8. The number of rotatable bonds is 3. The Balaban J connectivity index is 0.00000162. The minimum atomic E-state index is 0. The molecule has 96 valence electrons. The number of methoxy groups -OCH3 is 1. The van der Waals surface area contributed by atoms with Crippen LogP contribution in [0.1, 0.15) is 4.88 Å². The van der Waals surface area contributed by atoms with Crippen molar-refractivity contribution in [2.75, 3.05) is 7.11 Å². The number of benzene rings is 1. The summed E-state index contributed by atoms with van der Waals surface area (Å²) in [4.78, 5) is 2.31. The van der Waals surface area contributed by atoms with Crippen molar-refractivity contribution in [1.82, 2.24) is 0 Å². The molecule has 0 radical (unpaired) electrons. The van der Waals surface area contributed by atoms with Crippen molar-refractivity contribution in [2.45, 2.75) is 0 Å². The predicted molar refractivity (Wildman–Crippen MR) is 81.1 cm³/mol.